The van der Waals surface area contributed by atoms with Gasteiger partial charge in [-0.05, 0) is 70.7 Å². The van der Waals surface area contributed by atoms with Crippen LogP contribution in [0, 0.1) is 0 Å². The molecule has 1 aromatic rings. The van der Waals surface area contributed by atoms with E-state index in [9.17, 15) is 4.79 Å². The zero-order chi connectivity index (χ0) is 15.5. The van der Waals surface area contributed by atoms with Gasteiger partial charge in [0, 0.05) is 0 Å². The molecule has 0 atom stereocenters. The van der Waals surface area contributed by atoms with Gasteiger partial charge >= 0.3 is 5.97 Å². The van der Waals surface area contributed by atoms with Crippen molar-refractivity contribution in [3.8, 4) is 5.75 Å². The summed E-state index contributed by atoms with van der Waals surface area (Å²) in [6.45, 7) is 6.35. The molecule has 0 heterocycles. The number of ether oxygens (including phenoxy) is 2. The fourth-order valence-corrected chi connectivity index (χ4v) is 2.69. The molecule has 21 heavy (non-hydrogen) atoms. The summed E-state index contributed by atoms with van der Waals surface area (Å²) in [4.78, 5) is 12.3. The molecule has 0 saturated heterocycles. The number of hydrogen-bond donors (Lipinski definition) is 0. The Hall–Kier alpha value is -1.77. The van der Waals surface area contributed by atoms with Gasteiger partial charge in [-0.3, -0.25) is 0 Å². The van der Waals surface area contributed by atoms with E-state index in [0.29, 0.717) is 5.56 Å². The number of methoxy groups -OCH3 is 1. The largest absolute Gasteiger partial charge is 0.497 e. The van der Waals surface area contributed by atoms with E-state index >= 15 is 0 Å². The molecular formula is C18H24O3. The molecule has 0 radical (unpaired) electrons. The third kappa shape index (κ3) is 3.87. The minimum absolute atomic E-state index is 0.249. The van der Waals surface area contributed by atoms with E-state index < -0.39 is 0 Å². The van der Waals surface area contributed by atoms with Crippen LogP contribution in [0.3, 0.4) is 0 Å². The Morgan fingerprint density at radius 1 is 1.10 bits per heavy atom. The highest BCUT2D eigenvalue weighted by Crippen LogP contribution is 2.36. The number of esters is 1. The van der Waals surface area contributed by atoms with Gasteiger partial charge in [0.25, 0.3) is 0 Å². The molecule has 3 nitrogen and oxygen atoms in total. The average molecular weight is 288 g/mol. The summed E-state index contributed by atoms with van der Waals surface area (Å²) < 4.78 is 10.9. The summed E-state index contributed by atoms with van der Waals surface area (Å²) in [7, 11) is 1.61. The molecule has 1 fully saturated rings. The first kappa shape index (κ1) is 15.6. The summed E-state index contributed by atoms with van der Waals surface area (Å²) in [5.74, 6) is 0.490. The second kappa shape index (κ2) is 6.33. The maximum absolute atomic E-state index is 12.3. The van der Waals surface area contributed by atoms with Crippen molar-refractivity contribution in [2.24, 2.45) is 0 Å². The Kier molecular flexibility index (Phi) is 4.71. The number of carbonyl (C=O) groups excluding carboxylic acids is 1. The first-order chi connectivity index (χ1) is 9.93. The fraction of sp³-hybridized carbons (Fsp3) is 0.500. The van der Waals surface area contributed by atoms with Crippen LogP contribution in [0.1, 0.15) is 56.8 Å². The third-order valence-electron chi connectivity index (χ3n) is 4.28. The van der Waals surface area contributed by atoms with Gasteiger partial charge < -0.3 is 9.47 Å². The van der Waals surface area contributed by atoms with Crippen molar-refractivity contribution < 1.29 is 14.3 Å². The van der Waals surface area contributed by atoms with Crippen molar-refractivity contribution in [2.75, 3.05) is 7.11 Å². The Morgan fingerprint density at radius 2 is 1.67 bits per heavy atom. The van der Waals surface area contributed by atoms with Gasteiger partial charge in [-0.1, -0.05) is 11.1 Å². The van der Waals surface area contributed by atoms with Gasteiger partial charge in [0.15, 0.2) is 0 Å². The van der Waals surface area contributed by atoms with Crippen molar-refractivity contribution >= 4 is 5.97 Å². The van der Waals surface area contributed by atoms with Crippen LogP contribution < -0.4 is 4.74 Å². The van der Waals surface area contributed by atoms with Gasteiger partial charge in [0.2, 0.25) is 0 Å². The first-order valence-corrected chi connectivity index (χ1v) is 7.46. The maximum atomic E-state index is 12.3. The number of benzene rings is 1. The Labute approximate surface area is 127 Å². The van der Waals surface area contributed by atoms with E-state index in [1.807, 2.05) is 6.92 Å². The summed E-state index contributed by atoms with van der Waals surface area (Å²) in [6, 6.07) is 7.05. The van der Waals surface area contributed by atoms with Crippen LogP contribution in [-0.2, 0) is 4.74 Å². The fourth-order valence-electron chi connectivity index (χ4n) is 2.69. The molecular weight excluding hydrogens is 264 g/mol. The lowest BCUT2D eigenvalue weighted by Gasteiger charge is -2.35. The highest BCUT2D eigenvalue weighted by Gasteiger charge is 2.32. The maximum Gasteiger partial charge on any atom is 0.338 e. The molecule has 1 saturated carbocycles. The minimum atomic E-state index is -0.351. The van der Waals surface area contributed by atoms with Gasteiger partial charge in [0.05, 0.1) is 12.7 Å². The molecule has 0 aromatic heterocycles. The van der Waals surface area contributed by atoms with E-state index in [4.69, 9.17) is 9.47 Å². The van der Waals surface area contributed by atoms with Crippen molar-refractivity contribution in [3.63, 3.8) is 0 Å². The van der Waals surface area contributed by atoms with Gasteiger partial charge in [-0.15, -0.1) is 0 Å². The Morgan fingerprint density at radius 3 is 2.14 bits per heavy atom. The molecule has 0 spiro atoms. The SMILES string of the molecule is COc1ccc(C(=O)OC2(C)CCC(=C(C)C)CC2)cc1. The van der Waals surface area contributed by atoms with E-state index in [1.54, 1.807) is 31.4 Å². The van der Waals surface area contributed by atoms with E-state index in [0.717, 1.165) is 31.4 Å². The number of hydrogen-bond acceptors (Lipinski definition) is 3. The summed E-state index contributed by atoms with van der Waals surface area (Å²) in [5, 5.41) is 0. The first-order valence-electron chi connectivity index (χ1n) is 7.46. The zero-order valence-corrected chi connectivity index (χ0v) is 13.4. The molecule has 1 aromatic carbocycles. The molecule has 3 heteroatoms. The lowest BCUT2D eigenvalue weighted by molar-refractivity contribution is -0.0220. The molecule has 1 aliphatic carbocycles. The molecule has 0 amide bonds. The number of carbonyl (C=O) groups is 1. The monoisotopic (exact) mass is 288 g/mol. The topological polar surface area (TPSA) is 35.5 Å². The normalized spacial score (nSPS) is 21.8. The van der Waals surface area contributed by atoms with Crippen LogP contribution in [0.5, 0.6) is 5.75 Å². The predicted octanol–water partition coefficient (Wildman–Crippen LogP) is 4.52. The highest BCUT2D eigenvalue weighted by atomic mass is 16.6. The van der Waals surface area contributed by atoms with Crippen molar-refractivity contribution in [1.82, 2.24) is 0 Å². The second-order valence-electron chi connectivity index (χ2n) is 6.17. The smallest absolute Gasteiger partial charge is 0.338 e. The van der Waals surface area contributed by atoms with Crippen LogP contribution in [0.4, 0.5) is 0 Å². The van der Waals surface area contributed by atoms with Gasteiger partial charge in [-0.2, -0.15) is 0 Å². The Bertz CT molecular complexity index is 526. The molecule has 2 rings (SSSR count). The molecule has 0 unspecified atom stereocenters. The Balaban J connectivity index is 2.00. The minimum Gasteiger partial charge on any atom is -0.497 e. The average Bonchev–Trinajstić information content (AvgIpc) is 2.47. The van der Waals surface area contributed by atoms with Crippen molar-refractivity contribution in [2.45, 2.75) is 52.1 Å². The third-order valence-corrected chi connectivity index (χ3v) is 4.28. The summed E-state index contributed by atoms with van der Waals surface area (Å²) >= 11 is 0. The predicted molar refractivity (Wildman–Crippen MR) is 83.7 cm³/mol. The van der Waals surface area contributed by atoms with Gasteiger partial charge in [0.1, 0.15) is 11.4 Å². The lowest BCUT2D eigenvalue weighted by atomic mass is 9.81. The van der Waals surface area contributed by atoms with E-state index in [2.05, 4.69) is 13.8 Å². The lowest BCUT2D eigenvalue weighted by Crippen LogP contribution is -2.34. The quantitative estimate of drug-likeness (QED) is 0.606. The number of allylic oxidation sites excluding steroid dienone is 2. The molecule has 0 aliphatic heterocycles. The van der Waals surface area contributed by atoms with Crippen LogP contribution >= 0.6 is 0 Å². The number of rotatable bonds is 3. The summed E-state index contributed by atoms with van der Waals surface area (Å²) in [5.41, 5.74) is 3.13. The standard InChI is InChI=1S/C18H24O3/c1-13(2)14-9-11-18(3,12-10-14)21-17(19)15-5-7-16(20-4)8-6-15/h5-8H,9-12H2,1-4H3. The summed E-state index contributed by atoms with van der Waals surface area (Å²) in [6.07, 6.45) is 3.84. The molecule has 1 aliphatic rings. The van der Waals surface area contributed by atoms with E-state index in [1.165, 1.54) is 11.1 Å². The molecule has 114 valence electrons. The van der Waals surface area contributed by atoms with Crippen molar-refractivity contribution in [1.29, 1.82) is 0 Å². The molecule has 0 N–H and O–H groups in total. The van der Waals surface area contributed by atoms with Gasteiger partial charge in [-0.25, -0.2) is 4.79 Å². The zero-order valence-electron chi connectivity index (χ0n) is 13.4. The van der Waals surface area contributed by atoms with Crippen molar-refractivity contribution in [3.05, 3.63) is 41.0 Å². The van der Waals surface area contributed by atoms with E-state index in [-0.39, 0.29) is 11.6 Å². The van der Waals surface area contributed by atoms with Crippen LogP contribution in [0.15, 0.2) is 35.4 Å². The van der Waals surface area contributed by atoms with Crippen LogP contribution in [0.2, 0.25) is 0 Å². The van der Waals surface area contributed by atoms with Crippen LogP contribution in [0.25, 0.3) is 0 Å². The van der Waals surface area contributed by atoms with Crippen LogP contribution in [-0.4, -0.2) is 18.7 Å². The molecule has 0 bridgehead atoms. The second-order valence-corrected chi connectivity index (χ2v) is 6.17. The highest BCUT2D eigenvalue weighted by molar-refractivity contribution is 5.89.